The molecule has 0 aliphatic carbocycles. The van der Waals surface area contributed by atoms with E-state index in [0.29, 0.717) is 16.3 Å². The van der Waals surface area contributed by atoms with Gasteiger partial charge in [-0.1, -0.05) is 48.0 Å². The lowest BCUT2D eigenvalue weighted by Gasteiger charge is -2.19. The van der Waals surface area contributed by atoms with Gasteiger partial charge in [-0.25, -0.2) is 0 Å². The number of nitrogens with one attached hydrogen (secondary N) is 1. The van der Waals surface area contributed by atoms with Crippen LogP contribution in [0.3, 0.4) is 0 Å². The molecule has 4 nitrogen and oxygen atoms in total. The Morgan fingerprint density at radius 2 is 1.88 bits per heavy atom. The van der Waals surface area contributed by atoms with Crippen LogP contribution < -0.4 is 10.2 Å². The third-order valence-corrected chi connectivity index (χ3v) is 4.01. The van der Waals surface area contributed by atoms with Gasteiger partial charge in [0.15, 0.2) is 0 Å². The van der Waals surface area contributed by atoms with Crippen LogP contribution in [-0.4, -0.2) is 17.9 Å². The zero-order chi connectivity index (χ0) is 17.6. The van der Waals surface area contributed by atoms with Gasteiger partial charge in [0.2, 0.25) is 0 Å². The van der Waals surface area contributed by atoms with E-state index in [1.54, 1.807) is 36.7 Å². The summed E-state index contributed by atoms with van der Waals surface area (Å²) in [6.07, 6.45) is 3.30. The first-order valence-corrected chi connectivity index (χ1v) is 8.26. The van der Waals surface area contributed by atoms with Crippen LogP contribution in [0.1, 0.15) is 15.9 Å². The second-order valence-corrected chi connectivity index (χ2v) is 6.17. The molecule has 1 amide bonds. The molecule has 0 fully saturated rings. The number of hydrogen-bond donors (Lipinski definition) is 1. The minimum atomic E-state index is -0.218. The number of amides is 1. The molecular formula is C20H18ClN3O. The Labute approximate surface area is 152 Å². The van der Waals surface area contributed by atoms with Crippen molar-refractivity contribution >= 4 is 28.9 Å². The summed E-state index contributed by atoms with van der Waals surface area (Å²) in [6.45, 7) is 0.738. The Balaban J connectivity index is 1.73. The molecule has 1 aromatic heterocycles. The van der Waals surface area contributed by atoms with Crippen molar-refractivity contribution in [2.45, 2.75) is 6.54 Å². The summed E-state index contributed by atoms with van der Waals surface area (Å²) in [5, 5.41) is 3.41. The number of carbonyl (C=O) groups excluding carboxylic acids is 1. The van der Waals surface area contributed by atoms with Gasteiger partial charge in [-0.3, -0.25) is 9.78 Å². The summed E-state index contributed by atoms with van der Waals surface area (Å²) < 4.78 is 0. The van der Waals surface area contributed by atoms with Crippen LogP contribution in [0.25, 0.3) is 0 Å². The third-order valence-electron chi connectivity index (χ3n) is 3.77. The maximum Gasteiger partial charge on any atom is 0.257 e. The molecule has 25 heavy (non-hydrogen) atoms. The lowest BCUT2D eigenvalue weighted by atomic mass is 10.2. The number of hydrogen-bond acceptors (Lipinski definition) is 3. The first-order chi connectivity index (χ1) is 12.1. The molecule has 0 saturated heterocycles. The molecule has 0 atom stereocenters. The van der Waals surface area contributed by atoms with Crippen LogP contribution in [0, 0.1) is 0 Å². The average molecular weight is 352 g/mol. The van der Waals surface area contributed by atoms with Crippen LogP contribution in [0.15, 0.2) is 73.1 Å². The van der Waals surface area contributed by atoms with Gasteiger partial charge < -0.3 is 10.2 Å². The molecule has 0 aliphatic heterocycles. The molecule has 0 spiro atoms. The van der Waals surface area contributed by atoms with Crippen molar-refractivity contribution in [3.05, 3.63) is 89.2 Å². The molecule has 3 aromatic rings. The topological polar surface area (TPSA) is 45.2 Å². The Hall–Kier alpha value is -2.85. The fourth-order valence-corrected chi connectivity index (χ4v) is 2.67. The number of halogens is 1. The predicted molar refractivity (Wildman–Crippen MR) is 102 cm³/mol. The number of rotatable bonds is 5. The molecule has 1 N–H and O–H groups in total. The zero-order valence-corrected chi connectivity index (χ0v) is 14.6. The number of carbonyl (C=O) groups is 1. The number of anilines is 2. The monoisotopic (exact) mass is 351 g/mol. The van der Waals surface area contributed by atoms with Gasteiger partial charge in [0.05, 0.1) is 17.4 Å². The van der Waals surface area contributed by atoms with Crippen molar-refractivity contribution in [2.24, 2.45) is 0 Å². The lowest BCUT2D eigenvalue weighted by molar-refractivity contribution is 0.102. The van der Waals surface area contributed by atoms with Crippen LogP contribution in [0.2, 0.25) is 5.02 Å². The lowest BCUT2D eigenvalue weighted by Crippen LogP contribution is -2.18. The smallest absolute Gasteiger partial charge is 0.257 e. The van der Waals surface area contributed by atoms with E-state index in [0.717, 1.165) is 12.2 Å². The maximum atomic E-state index is 12.4. The average Bonchev–Trinajstić information content (AvgIpc) is 2.62. The van der Waals surface area contributed by atoms with Crippen molar-refractivity contribution in [1.29, 1.82) is 0 Å². The number of aromatic nitrogens is 1. The molecule has 0 saturated carbocycles. The number of pyridine rings is 1. The van der Waals surface area contributed by atoms with E-state index in [2.05, 4.69) is 27.3 Å². The molecule has 126 valence electrons. The van der Waals surface area contributed by atoms with Crippen molar-refractivity contribution in [1.82, 2.24) is 4.98 Å². The molecule has 0 unspecified atom stereocenters. The second-order valence-electron chi connectivity index (χ2n) is 5.74. The van der Waals surface area contributed by atoms with Crippen LogP contribution in [0.5, 0.6) is 0 Å². The van der Waals surface area contributed by atoms with E-state index in [4.69, 9.17) is 11.6 Å². The van der Waals surface area contributed by atoms with Gasteiger partial charge in [0.25, 0.3) is 5.91 Å². The minimum Gasteiger partial charge on any atom is -0.369 e. The Kier molecular flexibility index (Phi) is 5.31. The van der Waals surface area contributed by atoms with Crippen molar-refractivity contribution in [3.8, 4) is 0 Å². The van der Waals surface area contributed by atoms with E-state index >= 15 is 0 Å². The SMILES string of the molecule is CN(Cc1ccccc1)c1cncc(C(=O)Nc2cccc(Cl)c2)c1. The highest BCUT2D eigenvalue weighted by Gasteiger charge is 2.10. The fourth-order valence-electron chi connectivity index (χ4n) is 2.48. The van der Waals surface area contributed by atoms with E-state index in [9.17, 15) is 4.79 Å². The first kappa shape index (κ1) is 17.0. The Morgan fingerprint density at radius 1 is 1.08 bits per heavy atom. The summed E-state index contributed by atoms with van der Waals surface area (Å²) >= 11 is 5.95. The molecular weight excluding hydrogens is 334 g/mol. The minimum absolute atomic E-state index is 0.218. The summed E-state index contributed by atoms with van der Waals surface area (Å²) in [7, 11) is 1.97. The standard InChI is InChI=1S/C20H18ClN3O/c1-24(14-15-6-3-2-4-7-15)19-10-16(12-22-13-19)20(25)23-18-9-5-8-17(21)11-18/h2-13H,14H2,1H3,(H,23,25). The molecule has 0 aliphatic rings. The number of nitrogens with zero attached hydrogens (tertiary/aromatic N) is 2. The van der Waals surface area contributed by atoms with Gasteiger partial charge in [0, 0.05) is 30.5 Å². The van der Waals surface area contributed by atoms with Crippen molar-refractivity contribution < 1.29 is 4.79 Å². The quantitative estimate of drug-likeness (QED) is 0.729. The van der Waals surface area contributed by atoms with Crippen LogP contribution in [-0.2, 0) is 6.54 Å². The summed E-state index contributed by atoms with van der Waals surface area (Å²) in [5.74, 6) is -0.218. The van der Waals surface area contributed by atoms with E-state index < -0.39 is 0 Å². The highest BCUT2D eigenvalue weighted by molar-refractivity contribution is 6.30. The van der Waals surface area contributed by atoms with E-state index in [1.807, 2.05) is 31.3 Å². The molecule has 0 radical (unpaired) electrons. The van der Waals surface area contributed by atoms with Crippen molar-refractivity contribution in [2.75, 3.05) is 17.3 Å². The Morgan fingerprint density at radius 3 is 2.64 bits per heavy atom. The van der Waals surface area contributed by atoms with E-state index in [-0.39, 0.29) is 5.91 Å². The summed E-state index contributed by atoms with van der Waals surface area (Å²) in [5.41, 5.74) is 3.22. The summed E-state index contributed by atoms with van der Waals surface area (Å²) in [6, 6.07) is 19.0. The largest absolute Gasteiger partial charge is 0.369 e. The van der Waals surface area contributed by atoms with Gasteiger partial charge in [-0.05, 0) is 29.8 Å². The molecule has 3 rings (SSSR count). The fraction of sp³-hybridized carbons (Fsp3) is 0.100. The highest BCUT2D eigenvalue weighted by atomic mass is 35.5. The number of benzene rings is 2. The molecule has 1 heterocycles. The van der Waals surface area contributed by atoms with Gasteiger partial charge in [-0.15, -0.1) is 0 Å². The van der Waals surface area contributed by atoms with Gasteiger partial charge >= 0.3 is 0 Å². The van der Waals surface area contributed by atoms with Gasteiger partial charge in [-0.2, -0.15) is 0 Å². The van der Waals surface area contributed by atoms with Crippen LogP contribution in [0.4, 0.5) is 11.4 Å². The normalized spacial score (nSPS) is 10.3. The molecule has 5 heteroatoms. The highest BCUT2D eigenvalue weighted by Crippen LogP contribution is 2.19. The van der Waals surface area contributed by atoms with Gasteiger partial charge in [0.1, 0.15) is 0 Å². The maximum absolute atomic E-state index is 12.4. The predicted octanol–water partition coefficient (Wildman–Crippen LogP) is 4.62. The van der Waals surface area contributed by atoms with E-state index in [1.165, 1.54) is 5.56 Å². The first-order valence-electron chi connectivity index (χ1n) is 7.89. The molecule has 0 bridgehead atoms. The third kappa shape index (κ3) is 4.58. The molecule has 2 aromatic carbocycles. The Bertz CT molecular complexity index is 868. The van der Waals surface area contributed by atoms with Crippen molar-refractivity contribution in [3.63, 3.8) is 0 Å². The summed E-state index contributed by atoms with van der Waals surface area (Å²) in [4.78, 5) is 18.7. The second kappa shape index (κ2) is 7.81. The van der Waals surface area contributed by atoms with Crippen LogP contribution >= 0.6 is 11.6 Å². The zero-order valence-electron chi connectivity index (χ0n) is 13.8.